The molecule has 1 aliphatic carbocycles. The van der Waals surface area contributed by atoms with Gasteiger partial charge in [-0.15, -0.1) is 0 Å². The van der Waals surface area contributed by atoms with Gasteiger partial charge in [-0.25, -0.2) is 4.98 Å². The molecule has 0 unspecified atom stereocenters. The van der Waals surface area contributed by atoms with Crippen LogP contribution in [0.1, 0.15) is 36.1 Å². The lowest BCUT2D eigenvalue weighted by Crippen LogP contribution is -2.17. The lowest BCUT2D eigenvalue weighted by atomic mass is 10.2. The zero-order valence-corrected chi connectivity index (χ0v) is 8.71. The number of nitrogens with zero attached hydrogens (tertiary/aromatic N) is 2. The predicted octanol–water partition coefficient (Wildman–Crippen LogP) is 1.21. The molecule has 3 heteroatoms. The summed E-state index contributed by atoms with van der Waals surface area (Å²) in [4.78, 5) is 4.70. The number of hydrogen-bond donors (Lipinski definition) is 1. The third-order valence-electron chi connectivity index (χ3n) is 3.26. The Bertz CT molecular complexity index is 350. The maximum absolute atomic E-state index is 4.70. The fourth-order valence-electron chi connectivity index (χ4n) is 2.47. The minimum Gasteiger partial charge on any atom is -0.329 e. The highest BCUT2D eigenvalue weighted by Gasteiger charge is 2.29. The summed E-state index contributed by atoms with van der Waals surface area (Å²) in [6.45, 7) is 4.36. The highest BCUT2D eigenvalue weighted by molar-refractivity contribution is 5.21. The third-order valence-corrected chi connectivity index (χ3v) is 3.26. The molecule has 76 valence electrons. The van der Waals surface area contributed by atoms with Gasteiger partial charge >= 0.3 is 0 Å². The number of nitrogens with one attached hydrogen (secondary N) is 1. The van der Waals surface area contributed by atoms with E-state index in [2.05, 4.69) is 16.8 Å². The molecule has 3 rings (SSSR count). The largest absolute Gasteiger partial charge is 0.329 e. The Kier molecular flexibility index (Phi) is 1.87. The van der Waals surface area contributed by atoms with E-state index >= 15 is 0 Å². The summed E-state index contributed by atoms with van der Waals surface area (Å²) in [5.74, 6) is 1.24. The molecule has 1 N–H and O–H groups in total. The van der Waals surface area contributed by atoms with E-state index in [1.807, 2.05) is 0 Å². The summed E-state index contributed by atoms with van der Waals surface area (Å²) < 4.78 is 2.49. The molecule has 0 atom stereocenters. The van der Waals surface area contributed by atoms with Gasteiger partial charge in [0, 0.05) is 37.7 Å². The average Bonchev–Trinajstić information content (AvgIpc) is 2.95. The lowest BCUT2D eigenvalue weighted by molar-refractivity contribution is 0.644. The fraction of sp³-hybridized carbons (Fsp3) is 0.727. The van der Waals surface area contributed by atoms with Crippen LogP contribution in [0.25, 0.3) is 0 Å². The zero-order chi connectivity index (χ0) is 9.54. The van der Waals surface area contributed by atoms with Crippen molar-refractivity contribution >= 4 is 0 Å². The molecule has 0 spiro atoms. The van der Waals surface area contributed by atoms with Gasteiger partial charge in [-0.1, -0.05) is 0 Å². The quantitative estimate of drug-likeness (QED) is 0.723. The first kappa shape index (κ1) is 8.48. The van der Waals surface area contributed by atoms with Crippen molar-refractivity contribution in [1.82, 2.24) is 14.9 Å². The first-order valence-corrected chi connectivity index (χ1v) is 5.63. The maximum atomic E-state index is 4.70. The SMILES string of the molecule is Cc1nc2c(n1C1CC1)CCNCC2. The van der Waals surface area contributed by atoms with Crippen molar-refractivity contribution in [2.45, 2.75) is 38.6 Å². The van der Waals surface area contributed by atoms with Crippen molar-refractivity contribution in [3.8, 4) is 0 Å². The summed E-state index contributed by atoms with van der Waals surface area (Å²) in [5.41, 5.74) is 2.86. The van der Waals surface area contributed by atoms with Crippen LogP contribution in [0.2, 0.25) is 0 Å². The molecule has 3 nitrogen and oxygen atoms in total. The summed E-state index contributed by atoms with van der Waals surface area (Å²) >= 11 is 0. The van der Waals surface area contributed by atoms with Crippen LogP contribution in [0.4, 0.5) is 0 Å². The number of aromatic nitrogens is 2. The highest BCUT2D eigenvalue weighted by Crippen LogP contribution is 2.38. The molecule has 1 aromatic heterocycles. The molecule has 1 aliphatic heterocycles. The second-order valence-corrected chi connectivity index (χ2v) is 4.40. The number of fused-ring (bicyclic) bond motifs is 1. The van der Waals surface area contributed by atoms with Gasteiger partial charge in [-0.05, 0) is 19.8 Å². The fourth-order valence-corrected chi connectivity index (χ4v) is 2.47. The van der Waals surface area contributed by atoms with Crippen LogP contribution in [0.15, 0.2) is 0 Å². The lowest BCUT2D eigenvalue weighted by Gasteiger charge is -2.08. The van der Waals surface area contributed by atoms with Crippen LogP contribution < -0.4 is 5.32 Å². The van der Waals surface area contributed by atoms with Crippen LogP contribution in [0.5, 0.6) is 0 Å². The molecule has 0 saturated heterocycles. The van der Waals surface area contributed by atoms with Gasteiger partial charge in [0.05, 0.1) is 5.69 Å². The molecule has 2 heterocycles. The smallest absolute Gasteiger partial charge is 0.106 e. The van der Waals surface area contributed by atoms with Gasteiger partial charge < -0.3 is 9.88 Å². The number of hydrogen-bond acceptors (Lipinski definition) is 2. The van der Waals surface area contributed by atoms with E-state index < -0.39 is 0 Å². The molecule has 0 bridgehead atoms. The minimum atomic E-state index is 0.782. The Balaban J connectivity index is 2.04. The first-order valence-electron chi connectivity index (χ1n) is 5.63. The molecule has 14 heavy (non-hydrogen) atoms. The van der Waals surface area contributed by atoms with E-state index in [1.165, 1.54) is 30.1 Å². The van der Waals surface area contributed by atoms with Crippen LogP contribution in [0.3, 0.4) is 0 Å². The molecule has 0 amide bonds. The van der Waals surface area contributed by atoms with Crippen LogP contribution in [-0.4, -0.2) is 22.6 Å². The van der Waals surface area contributed by atoms with Gasteiger partial charge in [0.25, 0.3) is 0 Å². The van der Waals surface area contributed by atoms with Gasteiger partial charge in [0.1, 0.15) is 5.82 Å². The number of aryl methyl sites for hydroxylation is 1. The topological polar surface area (TPSA) is 29.9 Å². The van der Waals surface area contributed by atoms with Crippen molar-refractivity contribution in [2.75, 3.05) is 13.1 Å². The van der Waals surface area contributed by atoms with Crippen LogP contribution in [0, 0.1) is 6.92 Å². The Morgan fingerprint density at radius 1 is 1.29 bits per heavy atom. The molecule has 1 aromatic rings. The Labute approximate surface area is 84.5 Å². The van der Waals surface area contributed by atoms with E-state index in [9.17, 15) is 0 Å². The maximum Gasteiger partial charge on any atom is 0.106 e. The summed E-state index contributed by atoms with van der Waals surface area (Å²) in [5, 5.41) is 3.43. The van der Waals surface area contributed by atoms with E-state index in [4.69, 9.17) is 4.98 Å². The van der Waals surface area contributed by atoms with Crippen molar-refractivity contribution in [3.05, 3.63) is 17.2 Å². The van der Waals surface area contributed by atoms with Crippen LogP contribution >= 0.6 is 0 Å². The van der Waals surface area contributed by atoms with Crippen molar-refractivity contribution in [2.24, 2.45) is 0 Å². The Morgan fingerprint density at radius 2 is 2.07 bits per heavy atom. The zero-order valence-electron chi connectivity index (χ0n) is 8.71. The Morgan fingerprint density at radius 3 is 2.86 bits per heavy atom. The van der Waals surface area contributed by atoms with E-state index in [0.717, 1.165) is 32.0 Å². The van der Waals surface area contributed by atoms with Gasteiger partial charge in [0.15, 0.2) is 0 Å². The molecule has 0 radical (unpaired) electrons. The summed E-state index contributed by atoms with van der Waals surface area (Å²) in [6, 6.07) is 0.782. The van der Waals surface area contributed by atoms with Gasteiger partial charge in [0.2, 0.25) is 0 Å². The minimum absolute atomic E-state index is 0.782. The summed E-state index contributed by atoms with van der Waals surface area (Å²) in [6.07, 6.45) is 4.98. The molecule has 1 saturated carbocycles. The van der Waals surface area contributed by atoms with E-state index in [1.54, 1.807) is 0 Å². The van der Waals surface area contributed by atoms with Crippen LogP contribution in [-0.2, 0) is 12.8 Å². The van der Waals surface area contributed by atoms with Gasteiger partial charge in [-0.3, -0.25) is 0 Å². The van der Waals surface area contributed by atoms with Crippen molar-refractivity contribution in [3.63, 3.8) is 0 Å². The first-order chi connectivity index (χ1) is 6.86. The monoisotopic (exact) mass is 191 g/mol. The second kappa shape index (κ2) is 3.09. The van der Waals surface area contributed by atoms with Gasteiger partial charge in [-0.2, -0.15) is 0 Å². The molecule has 1 fully saturated rings. The highest BCUT2D eigenvalue weighted by atomic mass is 15.1. The Hall–Kier alpha value is -0.830. The average molecular weight is 191 g/mol. The number of rotatable bonds is 1. The summed E-state index contributed by atoms with van der Waals surface area (Å²) in [7, 11) is 0. The predicted molar refractivity (Wildman–Crippen MR) is 55.5 cm³/mol. The molecular formula is C11H17N3. The van der Waals surface area contributed by atoms with E-state index in [0.29, 0.717) is 0 Å². The molecule has 2 aliphatic rings. The van der Waals surface area contributed by atoms with E-state index in [-0.39, 0.29) is 0 Å². The normalized spacial score (nSPS) is 21.8. The third kappa shape index (κ3) is 1.27. The molecule has 0 aromatic carbocycles. The van der Waals surface area contributed by atoms with Crippen molar-refractivity contribution < 1.29 is 0 Å². The standard InChI is InChI=1S/C11H17N3/c1-8-13-10-4-6-12-7-5-11(10)14(8)9-2-3-9/h9,12H,2-7H2,1H3. The second-order valence-electron chi connectivity index (χ2n) is 4.40. The number of imidazole rings is 1. The van der Waals surface area contributed by atoms with Crippen molar-refractivity contribution in [1.29, 1.82) is 0 Å². The molecular weight excluding hydrogens is 174 g/mol.